The maximum atomic E-state index is 12.4. The summed E-state index contributed by atoms with van der Waals surface area (Å²) in [6, 6.07) is 7.03. The fraction of sp³-hybridized carbons (Fsp3) is 0.333. The zero-order chi connectivity index (χ0) is 9.90. The van der Waals surface area contributed by atoms with Crippen LogP contribution in [0.25, 0.3) is 0 Å². The van der Waals surface area contributed by atoms with Gasteiger partial charge >= 0.3 is 0 Å². The highest BCUT2D eigenvalue weighted by molar-refractivity contribution is 7.95. The van der Waals surface area contributed by atoms with Gasteiger partial charge in [0.1, 0.15) is 10.6 Å². The first-order valence-corrected chi connectivity index (χ1v) is 4.55. The minimum Gasteiger partial charge on any atom is -0.497 e. The average Bonchev–Trinajstić information content (AvgIpc) is 2.18. The van der Waals surface area contributed by atoms with E-state index in [2.05, 4.69) is 0 Å². The third-order valence-corrected chi connectivity index (χ3v) is 2.38. The molecule has 1 rings (SSSR count). The van der Waals surface area contributed by atoms with E-state index in [0.29, 0.717) is 0 Å². The first-order chi connectivity index (χ1) is 6.10. The highest BCUT2D eigenvalue weighted by Crippen LogP contribution is 2.31. The number of halogens is 1. The monoisotopic (exact) mass is 201 g/mol. The summed E-state index contributed by atoms with van der Waals surface area (Å²) in [5.41, 5.74) is 6.41. The summed E-state index contributed by atoms with van der Waals surface area (Å²) in [6.07, 6.45) is 0. The maximum absolute atomic E-state index is 12.4. The Morgan fingerprint density at radius 1 is 1.38 bits per heavy atom. The van der Waals surface area contributed by atoms with Crippen molar-refractivity contribution in [2.75, 3.05) is 7.11 Å². The number of methoxy groups -OCH3 is 1. The van der Waals surface area contributed by atoms with E-state index in [1.54, 1.807) is 38.3 Å². The van der Waals surface area contributed by atoms with Crippen LogP contribution in [0.5, 0.6) is 5.75 Å². The molecule has 0 bridgehead atoms. The van der Waals surface area contributed by atoms with E-state index in [9.17, 15) is 3.89 Å². The molecule has 13 heavy (non-hydrogen) atoms. The van der Waals surface area contributed by atoms with Gasteiger partial charge in [-0.15, -0.1) is 0 Å². The summed E-state index contributed by atoms with van der Waals surface area (Å²) in [5.74, 6) is 0.739. The molecular formula is C9H12FNOS. The highest BCUT2D eigenvalue weighted by Gasteiger charge is 2.22. The first kappa shape index (κ1) is 10.3. The van der Waals surface area contributed by atoms with Crippen LogP contribution in [0.4, 0.5) is 3.89 Å². The zero-order valence-corrected chi connectivity index (χ0v) is 8.40. The molecule has 2 nitrogen and oxygen atoms in total. The van der Waals surface area contributed by atoms with Crippen LogP contribution in [0.15, 0.2) is 24.3 Å². The van der Waals surface area contributed by atoms with Crippen molar-refractivity contribution in [1.29, 1.82) is 0 Å². The Kier molecular flexibility index (Phi) is 3.17. The molecule has 0 saturated heterocycles. The van der Waals surface area contributed by atoms with Crippen molar-refractivity contribution in [1.82, 2.24) is 0 Å². The Morgan fingerprint density at radius 2 is 1.92 bits per heavy atom. The van der Waals surface area contributed by atoms with Gasteiger partial charge in [-0.25, -0.2) is 0 Å². The molecule has 0 aliphatic rings. The van der Waals surface area contributed by atoms with Gasteiger partial charge in [0.15, 0.2) is 0 Å². The molecule has 1 aromatic carbocycles. The molecule has 0 amide bonds. The van der Waals surface area contributed by atoms with Crippen molar-refractivity contribution < 1.29 is 8.62 Å². The average molecular weight is 201 g/mol. The molecule has 0 heterocycles. The number of hydrogen-bond acceptors (Lipinski definition) is 3. The van der Waals surface area contributed by atoms with Crippen LogP contribution < -0.4 is 10.5 Å². The lowest BCUT2D eigenvalue weighted by atomic mass is 10.1. The van der Waals surface area contributed by atoms with Gasteiger partial charge in [-0.3, -0.25) is 0 Å². The first-order valence-electron chi connectivity index (χ1n) is 3.83. The number of nitrogens with two attached hydrogens (primary N) is 1. The van der Waals surface area contributed by atoms with Crippen LogP contribution >= 0.6 is 12.1 Å². The third-order valence-electron chi connectivity index (χ3n) is 1.82. The van der Waals surface area contributed by atoms with E-state index in [1.165, 1.54) is 0 Å². The van der Waals surface area contributed by atoms with E-state index in [4.69, 9.17) is 10.5 Å². The summed E-state index contributed by atoms with van der Waals surface area (Å²) in [7, 11) is 1.58. The quantitative estimate of drug-likeness (QED) is 0.763. The Morgan fingerprint density at radius 3 is 2.31 bits per heavy atom. The van der Waals surface area contributed by atoms with Gasteiger partial charge < -0.3 is 10.5 Å². The van der Waals surface area contributed by atoms with Gasteiger partial charge in [-0.2, -0.15) is 3.89 Å². The molecule has 0 aliphatic carbocycles. The largest absolute Gasteiger partial charge is 0.497 e. The fourth-order valence-electron chi connectivity index (χ4n) is 0.966. The standard InChI is InChI=1S/C9H12FNOS/c1-9(11,13-10)7-3-5-8(12-2)6-4-7/h3-6H,11H2,1-2H3. The van der Waals surface area contributed by atoms with Crippen LogP contribution in [0, 0.1) is 0 Å². The molecule has 4 heteroatoms. The summed E-state index contributed by atoms with van der Waals surface area (Å²) < 4.78 is 17.4. The second kappa shape index (κ2) is 3.98. The minimum absolute atomic E-state index is 0.131. The van der Waals surface area contributed by atoms with Crippen molar-refractivity contribution in [2.24, 2.45) is 5.73 Å². The topological polar surface area (TPSA) is 35.2 Å². The zero-order valence-electron chi connectivity index (χ0n) is 7.58. The van der Waals surface area contributed by atoms with Crippen LogP contribution in [0.2, 0.25) is 0 Å². The Labute approximate surface area is 81.6 Å². The van der Waals surface area contributed by atoms with Gasteiger partial charge in [0.05, 0.1) is 19.3 Å². The van der Waals surface area contributed by atoms with E-state index in [1.807, 2.05) is 0 Å². The molecule has 1 aromatic rings. The van der Waals surface area contributed by atoms with Crippen molar-refractivity contribution in [3.8, 4) is 5.75 Å². The number of hydrogen-bond donors (Lipinski definition) is 1. The van der Waals surface area contributed by atoms with Crippen LogP contribution in [0.3, 0.4) is 0 Å². The van der Waals surface area contributed by atoms with Crippen molar-refractivity contribution in [2.45, 2.75) is 11.8 Å². The molecule has 0 aromatic heterocycles. The molecule has 2 N–H and O–H groups in total. The Balaban J connectivity index is 2.92. The Bertz CT molecular complexity index is 273. The summed E-state index contributed by atoms with van der Waals surface area (Å²) in [6.45, 7) is 1.62. The van der Waals surface area contributed by atoms with E-state index >= 15 is 0 Å². The molecular weight excluding hydrogens is 189 g/mol. The van der Waals surface area contributed by atoms with Gasteiger partial charge in [0, 0.05) is 0 Å². The Hall–Kier alpha value is -0.740. The SMILES string of the molecule is COc1ccc(C(C)(N)SF)cc1. The van der Waals surface area contributed by atoms with E-state index < -0.39 is 4.87 Å². The maximum Gasteiger partial charge on any atom is 0.118 e. The second-order valence-electron chi connectivity index (χ2n) is 2.91. The lowest BCUT2D eigenvalue weighted by molar-refractivity contribution is 0.414. The summed E-state index contributed by atoms with van der Waals surface area (Å²) >= 11 is 0.131. The van der Waals surface area contributed by atoms with Crippen molar-refractivity contribution >= 4 is 12.1 Å². The van der Waals surface area contributed by atoms with Crippen LogP contribution in [0.1, 0.15) is 12.5 Å². The van der Waals surface area contributed by atoms with E-state index in [-0.39, 0.29) is 12.1 Å². The van der Waals surface area contributed by atoms with Gasteiger partial charge in [0.2, 0.25) is 0 Å². The molecule has 72 valence electrons. The molecule has 0 aliphatic heterocycles. The second-order valence-corrected chi connectivity index (χ2v) is 3.92. The number of benzene rings is 1. The van der Waals surface area contributed by atoms with Gasteiger partial charge in [0.25, 0.3) is 0 Å². The third kappa shape index (κ3) is 2.35. The predicted octanol–water partition coefficient (Wildman–Crippen LogP) is 2.44. The fourth-order valence-corrected chi connectivity index (χ4v) is 1.19. The van der Waals surface area contributed by atoms with E-state index in [0.717, 1.165) is 11.3 Å². The molecule has 0 radical (unpaired) electrons. The summed E-state index contributed by atoms with van der Waals surface area (Å²) in [4.78, 5) is -0.980. The van der Waals surface area contributed by atoms with Crippen molar-refractivity contribution in [3.63, 3.8) is 0 Å². The normalized spacial score (nSPS) is 15.1. The van der Waals surface area contributed by atoms with Crippen molar-refractivity contribution in [3.05, 3.63) is 29.8 Å². The molecule has 0 spiro atoms. The molecule has 0 fully saturated rings. The lowest BCUT2D eigenvalue weighted by Gasteiger charge is -2.19. The highest BCUT2D eigenvalue weighted by atomic mass is 32.2. The minimum atomic E-state index is -0.980. The van der Waals surface area contributed by atoms with Gasteiger partial charge in [-0.05, 0) is 24.6 Å². The smallest absolute Gasteiger partial charge is 0.118 e. The summed E-state index contributed by atoms with van der Waals surface area (Å²) in [5, 5.41) is 0. The van der Waals surface area contributed by atoms with Gasteiger partial charge in [-0.1, -0.05) is 12.1 Å². The molecule has 0 saturated carbocycles. The number of rotatable bonds is 3. The van der Waals surface area contributed by atoms with Crippen LogP contribution in [-0.4, -0.2) is 7.11 Å². The molecule has 1 atom stereocenters. The molecule has 1 unspecified atom stereocenters. The van der Waals surface area contributed by atoms with Crippen LogP contribution in [-0.2, 0) is 4.87 Å². The predicted molar refractivity (Wildman–Crippen MR) is 53.2 cm³/mol. The lowest BCUT2D eigenvalue weighted by Crippen LogP contribution is -2.27. The number of ether oxygens (including phenoxy) is 1.